The maximum atomic E-state index is 5.59. The Morgan fingerprint density at radius 2 is 1.78 bits per heavy atom. The molecule has 0 radical (unpaired) electrons. The third-order valence-corrected chi connectivity index (χ3v) is 2.82. The van der Waals surface area contributed by atoms with Gasteiger partial charge < -0.3 is 14.2 Å². The fraction of sp³-hybridized carbons (Fsp3) is 0.500. The third kappa shape index (κ3) is 2.71. The molecule has 0 bridgehead atoms. The largest absolute Gasteiger partial charge is 0.475 e. The summed E-state index contributed by atoms with van der Waals surface area (Å²) < 4.78 is 16.0. The summed E-state index contributed by atoms with van der Waals surface area (Å²) in [5, 5.41) is 0. The van der Waals surface area contributed by atoms with Gasteiger partial charge in [-0.3, -0.25) is 0 Å². The average molecular weight is 249 g/mol. The summed E-state index contributed by atoms with van der Waals surface area (Å²) in [5.74, 6) is 0.706. The van der Waals surface area contributed by atoms with Crippen LogP contribution in [-0.2, 0) is 14.2 Å². The van der Waals surface area contributed by atoms with Crippen LogP contribution in [0.15, 0.2) is 29.3 Å². The minimum Gasteiger partial charge on any atom is -0.475 e. The summed E-state index contributed by atoms with van der Waals surface area (Å²) in [6.45, 7) is 4.74. The predicted octanol–water partition coefficient (Wildman–Crippen LogP) is 2.53. The molecule has 0 atom stereocenters. The van der Waals surface area contributed by atoms with Gasteiger partial charge in [-0.15, -0.1) is 0 Å². The van der Waals surface area contributed by atoms with Crippen molar-refractivity contribution in [2.45, 2.75) is 25.7 Å². The highest BCUT2D eigenvalue weighted by atomic mass is 16.7. The molecule has 0 fully saturated rings. The van der Waals surface area contributed by atoms with Crippen LogP contribution in [0.2, 0.25) is 0 Å². The van der Waals surface area contributed by atoms with Crippen LogP contribution in [0.3, 0.4) is 0 Å². The summed E-state index contributed by atoms with van der Waals surface area (Å²) in [6.07, 6.45) is -0.332. The van der Waals surface area contributed by atoms with Crippen LogP contribution in [0.5, 0.6) is 0 Å². The minimum atomic E-state index is -0.332. The van der Waals surface area contributed by atoms with E-state index in [1.165, 1.54) is 0 Å². The Morgan fingerprint density at radius 3 is 2.22 bits per heavy atom. The van der Waals surface area contributed by atoms with Gasteiger partial charge in [0.15, 0.2) is 6.29 Å². The molecule has 0 saturated heterocycles. The molecule has 1 aliphatic rings. The molecule has 0 aliphatic carbocycles. The van der Waals surface area contributed by atoms with Crippen molar-refractivity contribution in [3.63, 3.8) is 0 Å². The van der Waals surface area contributed by atoms with E-state index in [1.54, 1.807) is 14.2 Å². The molecule has 0 N–H and O–H groups in total. The molecule has 4 nitrogen and oxygen atoms in total. The molecule has 0 unspecified atom stereocenters. The second-order valence-corrected chi connectivity index (χ2v) is 4.94. The van der Waals surface area contributed by atoms with Gasteiger partial charge in [-0.25, -0.2) is 4.99 Å². The Balaban J connectivity index is 2.18. The van der Waals surface area contributed by atoms with E-state index in [9.17, 15) is 0 Å². The van der Waals surface area contributed by atoms with Crippen LogP contribution < -0.4 is 0 Å². The van der Waals surface area contributed by atoms with Crippen molar-refractivity contribution in [2.75, 3.05) is 20.8 Å². The molecule has 18 heavy (non-hydrogen) atoms. The van der Waals surface area contributed by atoms with E-state index in [-0.39, 0.29) is 11.8 Å². The van der Waals surface area contributed by atoms with Crippen molar-refractivity contribution in [2.24, 2.45) is 4.99 Å². The van der Waals surface area contributed by atoms with E-state index in [0.717, 1.165) is 11.1 Å². The van der Waals surface area contributed by atoms with Gasteiger partial charge in [0.25, 0.3) is 0 Å². The average Bonchev–Trinajstić information content (AvgIpc) is 2.72. The molecule has 1 aromatic carbocycles. The predicted molar refractivity (Wildman–Crippen MR) is 69.8 cm³/mol. The highest BCUT2D eigenvalue weighted by Crippen LogP contribution is 2.22. The number of nitrogens with zero attached hydrogens (tertiary/aromatic N) is 1. The van der Waals surface area contributed by atoms with Crippen molar-refractivity contribution < 1.29 is 14.2 Å². The van der Waals surface area contributed by atoms with Crippen molar-refractivity contribution in [3.8, 4) is 0 Å². The van der Waals surface area contributed by atoms with Crippen molar-refractivity contribution in [3.05, 3.63) is 35.4 Å². The Bertz CT molecular complexity index is 433. The normalized spacial score (nSPS) is 17.7. The lowest BCUT2D eigenvalue weighted by Gasteiger charge is -2.13. The lowest BCUT2D eigenvalue weighted by molar-refractivity contribution is -0.106. The van der Waals surface area contributed by atoms with E-state index < -0.39 is 0 Å². The molecule has 1 heterocycles. The first-order valence-corrected chi connectivity index (χ1v) is 5.94. The van der Waals surface area contributed by atoms with Gasteiger partial charge in [-0.05, 0) is 26.0 Å². The number of ether oxygens (including phenoxy) is 3. The number of aliphatic imine (C=N–C) groups is 1. The number of hydrogen-bond donors (Lipinski definition) is 0. The molecular weight excluding hydrogens is 230 g/mol. The number of rotatable bonds is 4. The summed E-state index contributed by atoms with van der Waals surface area (Å²) in [6, 6.07) is 7.87. The van der Waals surface area contributed by atoms with Gasteiger partial charge in [-0.2, -0.15) is 0 Å². The quantitative estimate of drug-likeness (QED) is 0.770. The first-order chi connectivity index (χ1) is 8.55. The minimum absolute atomic E-state index is 0.129. The Labute approximate surface area is 108 Å². The fourth-order valence-electron chi connectivity index (χ4n) is 1.88. The summed E-state index contributed by atoms with van der Waals surface area (Å²) >= 11 is 0. The Hall–Kier alpha value is -1.39. The van der Waals surface area contributed by atoms with E-state index in [1.807, 2.05) is 24.3 Å². The van der Waals surface area contributed by atoms with Gasteiger partial charge in [0.2, 0.25) is 5.90 Å². The van der Waals surface area contributed by atoms with Crippen LogP contribution in [0.4, 0.5) is 0 Å². The summed E-state index contributed by atoms with van der Waals surface area (Å²) in [5.41, 5.74) is 1.83. The zero-order chi connectivity index (χ0) is 13.2. The maximum absolute atomic E-state index is 5.59. The first kappa shape index (κ1) is 13.1. The van der Waals surface area contributed by atoms with E-state index >= 15 is 0 Å². The Kier molecular flexibility index (Phi) is 3.68. The number of benzene rings is 1. The van der Waals surface area contributed by atoms with Crippen LogP contribution in [0.1, 0.15) is 31.3 Å². The van der Waals surface area contributed by atoms with Crippen LogP contribution in [0, 0.1) is 0 Å². The van der Waals surface area contributed by atoms with Crippen LogP contribution in [-0.4, -0.2) is 32.3 Å². The smallest absolute Gasteiger partial charge is 0.216 e. The molecule has 2 rings (SSSR count). The molecule has 0 spiro atoms. The second kappa shape index (κ2) is 5.08. The van der Waals surface area contributed by atoms with Crippen LogP contribution in [0.25, 0.3) is 0 Å². The molecule has 0 saturated carbocycles. The zero-order valence-corrected chi connectivity index (χ0v) is 11.3. The topological polar surface area (TPSA) is 40.0 Å². The van der Waals surface area contributed by atoms with Crippen molar-refractivity contribution >= 4 is 5.90 Å². The fourth-order valence-corrected chi connectivity index (χ4v) is 1.88. The van der Waals surface area contributed by atoms with E-state index in [4.69, 9.17) is 14.2 Å². The van der Waals surface area contributed by atoms with Gasteiger partial charge in [0.1, 0.15) is 6.61 Å². The van der Waals surface area contributed by atoms with Gasteiger partial charge in [0.05, 0.1) is 5.54 Å². The van der Waals surface area contributed by atoms with E-state index in [0.29, 0.717) is 12.5 Å². The summed E-state index contributed by atoms with van der Waals surface area (Å²) in [7, 11) is 3.24. The monoisotopic (exact) mass is 249 g/mol. The van der Waals surface area contributed by atoms with Gasteiger partial charge >= 0.3 is 0 Å². The van der Waals surface area contributed by atoms with Crippen molar-refractivity contribution in [1.29, 1.82) is 0 Å². The number of methoxy groups -OCH3 is 2. The highest BCUT2D eigenvalue weighted by molar-refractivity contribution is 5.95. The van der Waals surface area contributed by atoms with Gasteiger partial charge in [-0.1, -0.05) is 12.1 Å². The molecule has 0 aromatic heterocycles. The van der Waals surface area contributed by atoms with Crippen LogP contribution >= 0.6 is 0 Å². The molecular formula is C14H19NO3. The molecule has 0 amide bonds. The summed E-state index contributed by atoms with van der Waals surface area (Å²) in [4.78, 5) is 4.54. The third-order valence-electron chi connectivity index (χ3n) is 2.82. The zero-order valence-electron chi connectivity index (χ0n) is 11.3. The second-order valence-electron chi connectivity index (χ2n) is 4.94. The van der Waals surface area contributed by atoms with Gasteiger partial charge in [0, 0.05) is 25.3 Å². The lowest BCUT2D eigenvalue weighted by atomic mass is 10.1. The molecule has 1 aromatic rings. The van der Waals surface area contributed by atoms with E-state index in [2.05, 4.69) is 18.8 Å². The Morgan fingerprint density at radius 1 is 1.17 bits per heavy atom. The standard InChI is InChI=1S/C14H19NO3/c1-14(2)9-18-12(15-14)10-5-7-11(8-6-10)13(16-3)17-4/h5-8,13H,9H2,1-4H3. The molecule has 4 heteroatoms. The SMILES string of the molecule is COC(OC)c1ccc(C2=NC(C)(C)CO2)cc1. The van der Waals surface area contributed by atoms with Crippen molar-refractivity contribution in [1.82, 2.24) is 0 Å². The first-order valence-electron chi connectivity index (χ1n) is 5.94. The molecule has 1 aliphatic heterocycles. The highest BCUT2D eigenvalue weighted by Gasteiger charge is 2.26. The maximum Gasteiger partial charge on any atom is 0.216 e. The molecule has 98 valence electrons. The lowest BCUT2D eigenvalue weighted by Crippen LogP contribution is -2.17. The number of hydrogen-bond acceptors (Lipinski definition) is 4.